The first-order chi connectivity index (χ1) is 14.8. The van der Waals surface area contributed by atoms with Gasteiger partial charge in [0, 0.05) is 0 Å². The summed E-state index contributed by atoms with van der Waals surface area (Å²) in [5.74, 6) is 3.72. The Balaban J connectivity index is 1.27. The van der Waals surface area contributed by atoms with E-state index in [2.05, 4.69) is 43.5 Å². The van der Waals surface area contributed by atoms with E-state index in [0.29, 0.717) is 13.2 Å². The van der Waals surface area contributed by atoms with Gasteiger partial charge in [0.25, 0.3) is 0 Å². The third-order valence-electron chi connectivity index (χ3n) is 7.74. The van der Waals surface area contributed by atoms with Crippen molar-refractivity contribution in [3.05, 3.63) is 60.7 Å². The molecule has 1 aromatic rings. The van der Waals surface area contributed by atoms with Gasteiger partial charge in [0.05, 0.1) is 13.2 Å². The van der Waals surface area contributed by atoms with Gasteiger partial charge in [0.15, 0.2) is 0 Å². The fourth-order valence-electron chi connectivity index (χ4n) is 5.79. The second kappa shape index (κ2) is 13.2. The average molecular weight is 409 g/mol. The summed E-state index contributed by atoms with van der Waals surface area (Å²) in [6.45, 7) is 8.92. The van der Waals surface area contributed by atoms with Crippen molar-refractivity contribution in [1.29, 1.82) is 0 Å². The van der Waals surface area contributed by atoms with Gasteiger partial charge < -0.3 is 4.74 Å². The molecule has 0 aliphatic heterocycles. The van der Waals surface area contributed by atoms with Crippen LogP contribution in [0.2, 0.25) is 0 Å². The number of hydrogen-bond donors (Lipinski definition) is 0. The van der Waals surface area contributed by atoms with Crippen LogP contribution in [-0.4, -0.2) is 6.61 Å². The van der Waals surface area contributed by atoms with Crippen LogP contribution in [0, 0.1) is 17.8 Å². The molecule has 166 valence electrons. The van der Waals surface area contributed by atoms with Gasteiger partial charge in [-0.15, -0.1) is 13.2 Å². The Morgan fingerprint density at radius 3 is 1.87 bits per heavy atom. The average Bonchev–Trinajstić information content (AvgIpc) is 2.79. The van der Waals surface area contributed by atoms with Gasteiger partial charge in [-0.05, 0) is 79.7 Å². The van der Waals surface area contributed by atoms with Crippen molar-refractivity contribution in [2.24, 2.45) is 17.8 Å². The maximum absolute atomic E-state index is 5.55. The molecule has 2 fully saturated rings. The fraction of sp³-hybridized carbons (Fsp3) is 0.655. The van der Waals surface area contributed by atoms with Crippen molar-refractivity contribution < 1.29 is 4.74 Å². The molecular formula is C29H44O. The molecule has 0 saturated heterocycles. The molecule has 0 radical (unpaired) electrons. The third-order valence-corrected chi connectivity index (χ3v) is 7.74. The molecule has 0 spiro atoms. The lowest BCUT2D eigenvalue weighted by atomic mass is 9.76. The van der Waals surface area contributed by atoms with Crippen LogP contribution in [0.3, 0.4) is 0 Å². The number of ether oxygens (including phenoxy) is 1. The molecule has 0 bridgehead atoms. The Labute approximate surface area is 186 Å². The van der Waals surface area contributed by atoms with E-state index >= 15 is 0 Å². The summed E-state index contributed by atoms with van der Waals surface area (Å²) in [6.07, 6.45) is 22.5. The summed E-state index contributed by atoms with van der Waals surface area (Å²) in [5.41, 5.74) is 2.80. The molecular weight excluding hydrogens is 364 g/mol. The van der Waals surface area contributed by atoms with E-state index in [1.165, 1.54) is 94.6 Å². The van der Waals surface area contributed by atoms with Gasteiger partial charge in [0.2, 0.25) is 0 Å². The second-order valence-electron chi connectivity index (χ2n) is 9.96. The van der Waals surface area contributed by atoms with E-state index in [9.17, 15) is 0 Å². The van der Waals surface area contributed by atoms with Crippen LogP contribution >= 0.6 is 0 Å². The summed E-state index contributed by atoms with van der Waals surface area (Å²) in [7, 11) is 0. The first-order valence-electron chi connectivity index (χ1n) is 12.7. The van der Waals surface area contributed by atoms with Gasteiger partial charge in [-0.3, -0.25) is 0 Å². The Bertz CT molecular complexity index is 600. The number of benzene rings is 1. The predicted octanol–water partition coefficient (Wildman–Crippen LogP) is 8.61. The van der Waals surface area contributed by atoms with Crippen molar-refractivity contribution in [1.82, 2.24) is 0 Å². The minimum absolute atomic E-state index is 0.628. The quantitative estimate of drug-likeness (QED) is 0.248. The summed E-state index contributed by atoms with van der Waals surface area (Å²) in [6, 6.07) is 9.16. The van der Waals surface area contributed by atoms with Gasteiger partial charge in [-0.2, -0.15) is 0 Å². The lowest BCUT2D eigenvalue weighted by Gasteiger charge is -2.30. The summed E-state index contributed by atoms with van der Waals surface area (Å²) < 4.78 is 5.55. The number of rotatable bonds is 12. The third kappa shape index (κ3) is 7.73. The van der Waals surface area contributed by atoms with Crippen LogP contribution in [0.5, 0.6) is 0 Å². The largest absolute Gasteiger partial charge is 0.373 e. The molecule has 0 N–H and O–H groups in total. The maximum Gasteiger partial charge on any atom is 0.0721 e. The Morgan fingerprint density at radius 1 is 0.733 bits per heavy atom. The van der Waals surface area contributed by atoms with Crippen LogP contribution in [0.15, 0.2) is 49.6 Å². The molecule has 30 heavy (non-hydrogen) atoms. The fourth-order valence-corrected chi connectivity index (χ4v) is 5.79. The molecule has 2 aliphatic carbocycles. The minimum Gasteiger partial charge on any atom is -0.373 e. The Morgan fingerprint density at radius 2 is 1.30 bits per heavy atom. The molecule has 0 heterocycles. The summed E-state index contributed by atoms with van der Waals surface area (Å²) in [5, 5.41) is 0. The number of allylic oxidation sites excluding steroid dienone is 1. The maximum atomic E-state index is 5.55. The Hall–Kier alpha value is -1.34. The van der Waals surface area contributed by atoms with Crippen LogP contribution in [0.4, 0.5) is 0 Å². The molecule has 0 aromatic heterocycles. The highest BCUT2D eigenvalue weighted by Gasteiger charge is 2.23. The molecule has 1 aromatic carbocycles. The normalized spacial score (nSPS) is 26.9. The smallest absolute Gasteiger partial charge is 0.0721 e. The van der Waals surface area contributed by atoms with Gasteiger partial charge in [-0.1, -0.05) is 74.9 Å². The van der Waals surface area contributed by atoms with E-state index in [1.807, 2.05) is 6.08 Å². The predicted molar refractivity (Wildman–Crippen MR) is 130 cm³/mol. The molecule has 0 atom stereocenters. The highest BCUT2D eigenvalue weighted by molar-refractivity contribution is 5.25. The first kappa shape index (κ1) is 23.3. The van der Waals surface area contributed by atoms with Gasteiger partial charge in [0.1, 0.15) is 0 Å². The van der Waals surface area contributed by atoms with Crippen molar-refractivity contribution in [3.8, 4) is 0 Å². The number of hydrogen-bond acceptors (Lipinski definition) is 1. The monoisotopic (exact) mass is 408 g/mol. The molecule has 2 aliphatic rings. The van der Waals surface area contributed by atoms with E-state index in [0.717, 1.165) is 23.7 Å². The van der Waals surface area contributed by atoms with Crippen molar-refractivity contribution in [2.45, 2.75) is 96.0 Å². The van der Waals surface area contributed by atoms with E-state index in [-0.39, 0.29) is 0 Å². The van der Waals surface area contributed by atoms with E-state index in [4.69, 9.17) is 4.74 Å². The van der Waals surface area contributed by atoms with E-state index < -0.39 is 0 Å². The topological polar surface area (TPSA) is 9.23 Å². The van der Waals surface area contributed by atoms with Crippen LogP contribution < -0.4 is 0 Å². The second-order valence-corrected chi connectivity index (χ2v) is 9.96. The zero-order chi connectivity index (χ0) is 21.0. The van der Waals surface area contributed by atoms with Gasteiger partial charge in [-0.25, -0.2) is 0 Å². The summed E-state index contributed by atoms with van der Waals surface area (Å²) in [4.78, 5) is 0. The molecule has 3 rings (SSSR count). The SMILES string of the molecule is C=CCOCc1ccc([C@H]2CC[C@H](CCCC[C@H]3CC[C@H](CC=C)CC3)CC2)cc1. The molecule has 0 amide bonds. The standard InChI is InChI=1S/C29H44O/c1-3-7-24-10-12-25(13-11-24)8-5-6-9-26-14-18-28(19-15-26)29-20-16-27(17-21-29)23-30-22-4-2/h3-4,16-17,20-21,24-26,28H,1-2,5-15,18-19,22-23H2/t24-,25-,26-,28-. The van der Waals surface area contributed by atoms with Gasteiger partial charge >= 0.3 is 0 Å². The van der Waals surface area contributed by atoms with Crippen molar-refractivity contribution in [3.63, 3.8) is 0 Å². The van der Waals surface area contributed by atoms with Crippen molar-refractivity contribution >= 4 is 0 Å². The number of unbranched alkanes of at least 4 members (excludes halogenated alkanes) is 1. The Kier molecular flexibility index (Phi) is 10.2. The zero-order valence-electron chi connectivity index (χ0n) is 19.2. The van der Waals surface area contributed by atoms with Crippen LogP contribution in [-0.2, 0) is 11.3 Å². The molecule has 0 unspecified atom stereocenters. The lowest BCUT2D eigenvalue weighted by Crippen LogP contribution is -2.15. The van der Waals surface area contributed by atoms with E-state index in [1.54, 1.807) is 0 Å². The molecule has 1 nitrogen and oxygen atoms in total. The molecule has 1 heteroatoms. The minimum atomic E-state index is 0.628. The highest BCUT2D eigenvalue weighted by Crippen LogP contribution is 2.38. The van der Waals surface area contributed by atoms with Crippen LogP contribution in [0.1, 0.15) is 101 Å². The highest BCUT2D eigenvalue weighted by atomic mass is 16.5. The lowest BCUT2D eigenvalue weighted by molar-refractivity contribution is 0.149. The zero-order valence-corrected chi connectivity index (χ0v) is 19.2. The van der Waals surface area contributed by atoms with Crippen LogP contribution in [0.25, 0.3) is 0 Å². The summed E-state index contributed by atoms with van der Waals surface area (Å²) >= 11 is 0. The molecule has 2 saturated carbocycles. The first-order valence-corrected chi connectivity index (χ1v) is 12.7. The van der Waals surface area contributed by atoms with Crippen molar-refractivity contribution in [2.75, 3.05) is 6.61 Å².